The van der Waals surface area contributed by atoms with Crippen LogP contribution in [-0.4, -0.2) is 24.3 Å². The van der Waals surface area contributed by atoms with E-state index in [-0.39, 0.29) is 6.61 Å². The van der Waals surface area contributed by atoms with Gasteiger partial charge in [-0.1, -0.05) is 11.6 Å². The average molecular weight is 238 g/mol. The predicted molar refractivity (Wildman–Crippen MR) is 63.9 cm³/mol. The normalized spacial score (nSPS) is 12.0. The Morgan fingerprint density at radius 3 is 2.76 bits per heavy atom. The van der Waals surface area contributed by atoms with Crippen LogP contribution in [0.3, 0.4) is 0 Å². The van der Waals surface area contributed by atoms with Crippen molar-refractivity contribution in [2.24, 2.45) is 0 Å². The predicted octanol–water partition coefficient (Wildman–Crippen LogP) is 1.99. The lowest BCUT2D eigenvalue weighted by molar-refractivity contribution is -0.145. The number of hydrogen-bond donors (Lipinski definition) is 1. The minimum atomic E-state index is -0.632. The van der Waals surface area contributed by atoms with Crippen LogP contribution in [0, 0.1) is 6.92 Å². The fourth-order valence-corrected chi connectivity index (χ4v) is 1.47. The van der Waals surface area contributed by atoms with Crippen molar-refractivity contribution in [3.05, 3.63) is 29.3 Å². The minimum absolute atomic E-state index is 0.142. The third-order valence-electron chi connectivity index (χ3n) is 2.27. The Morgan fingerprint density at radius 1 is 1.47 bits per heavy atom. The van der Waals surface area contributed by atoms with Gasteiger partial charge >= 0.3 is 5.97 Å². The maximum absolute atomic E-state index is 11.2. The third kappa shape index (κ3) is 4.07. The number of rotatable bonds is 5. The van der Waals surface area contributed by atoms with Crippen molar-refractivity contribution < 1.29 is 19.4 Å². The molecule has 1 unspecified atom stereocenters. The van der Waals surface area contributed by atoms with Crippen LogP contribution in [0.5, 0.6) is 5.75 Å². The van der Waals surface area contributed by atoms with Crippen LogP contribution in [0.2, 0.25) is 0 Å². The van der Waals surface area contributed by atoms with Crippen LogP contribution < -0.4 is 4.74 Å². The first-order valence-electron chi connectivity index (χ1n) is 5.61. The van der Waals surface area contributed by atoms with Gasteiger partial charge in [0.2, 0.25) is 0 Å². The largest absolute Gasteiger partial charge is 0.482 e. The molecule has 17 heavy (non-hydrogen) atoms. The van der Waals surface area contributed by atoms with Gasteiger partial charge in [-0.05, 0) is 32.9 Å². The van der Waals surface area contributed by atoms with E-state index in [4.69, 9.17) is 9.47 Å². The molecule has 0 saturated carbocycles. The second kappa shape index (κ2) is 6.25. The van der Waals surface area contributed by atoms with Crippen molar-refractivity contribution in [3.8, 4) is 5.75 Å². The molecule has 0 radical (unpaired) electrons. The summed E-state index contributed by atoms with van der Waals surface area (Å²) < 4.78 is 10.1. The van der Waals surface area contributed by atoms with E-state index in [2.05, 4.69) is 0 Å². The summed E-state index contributed by atoms with van der Waals surface area (Å²) in [5, 5.41) is 9.60. The summed E-state index contributed by atoms with van der Waals surface area (Å²) in [5.74, 6) is 0.100. The molecule has 0 bridgehead atoms. The molecule has 0 aliphatic rings. The molecule has 1 atom stereocenters. The molecule has 1 rings (SSSR count). The van der Waals surface area contributed by atoms with Crippen molar-refractivity contribution >= 4 is 5.97 Å². The molecule has 0 saturated heterocycles. The summed E-state index contributed by atoms with van der Waals surface area (Å²) in [6.45, 7) is 5.52. The number of carbonyl (C=O) groups is 1. The first-order valence-corrected chi connectivity index (χ1v) is 5.61. The first kappa shape index (κ1) is 13.5. The number of hydrogen-bond acceptors (Lipinski definition) is 4. The van der Waals surface area contributed by atoms with Gasteiger partial charge in [0.15, 0.2) is 6.61 Å². The number of carbonyl (C=O) groups excluding carboxylic acids is 1. The van der Waals surface area contributed by atoms with Crippen molar-refractivity contribution in [1.29, 1.82) is 0 Å². The van der Waals surface area contributed by atoms with E-state index in [9.17, 15) is 9.90 Å². The molecule has 4 heteroatoms. The molecular weight excluding hydrogens is 220 g/mol. The van der Waals surface area contributed by atoms with Gasteiger partial charge in [-0.25, -0.2) is 4.79 Å². The summed E-state index contributed by atoms with van der Waals surface area (Å²) in [6.07, 6.45) is -0.632. The quantitative estimate of drug-likeness (QED) is 0.797. The van der Waals surface area contributed by atoms with Crippen LogP contribution >= 0.6 is 0 Å². The fourth-order valence-electron chi connectivity index (χ4n) is 1.47. The topological polar surface area (TPSA) is 55.8 Å². The highest BCUT2D eigenvalue weighted by Gasteiger charge is 2.11. The van der Waals surface area contributed by atoms with Gasteiger partial charge in [-0.15, -0.1) is 0 Å². The second-order valence-electron chi connectivity index (χ2n) is 3.81. The van der Waals surface area contributed by atoms with Crippen molar-refractivity contribution in [2.45, 2.75) is 26.9 Å². The van der Waals surface area contributed by atoms with E-state index in [0.29, 0.717) is 17.9 Å². The maximum Gasteiger partial charge on any atom is 0.344 e. The first-order chi connectivity index (χ1) is 8.04. The Bertz CT molecular complexity index is 385. The molecule has 0 aliphatic carbocycles. The van der Waals surface area contributed by atoms with Crippen LogP contribution in [-0.2, 0) is 9.53 Å². The third-order valence-corrected chi connectivity index (χ3v) is 2.27. The van der Waals surface area contributed by atoms with E-state index >= 15 is 0 Å². The van der Waals surface area contributed by atoms with Gasteiger partial charge in [-0.3, -0.25) is 0 Å². The molecule has 0 heterocycles. The molecule has 4 nitrogen and oxygen atoms in total. The Morgan fingerprint density at radius 2 is 2.18 bits per heavy atom. The number of esters is 1. The lowest BCUT2D eigenvalue weighted by atomic mass is 10.1. The molecule has 0 aromatic heterocycles. The number of aliphatic hydroxyl groups excluding tert-OH is 1. The number of ether oxygens (including phenoxy) is 2. The Balaban J connectivity index is 2.73. The molecule has 1 aromatic rings. The van der Waals surface area contributed by atoms with Crippen LogP contribution in [0.4, 0.5) is 0 Å². The Hall–Kier alpha value is -1.55. The number of aryl methyl sites for hydroxylation is 1. The standard InChI is InChI=1S/C13H18O4/c1-4-16-13(15)8-17-12-6-5-9(2)7-11(12)10(3)14/h5-7,10,14H,4,8H2,1-3H3. The monoisotopic (exact) mass is 238 g/mol. The highest BCUT2D eigenvalue weighted by atomic mass is 16.6. The van der Waals surface area contributed by atoms with Gasteiger partial charge in [0, 0.05) is 5.56 Å². The number of aliphatic hydroxyl groups is 1. The highest BCUT2D eigenvalue weighted by Crippen LogP contribution is 2.26. The van der Waals surface area contributed by atoms with Crippen molar-refractivity contribution in [3.63, 3.8) is 0 Å². The molecule has 94 valence electrons. The van der Waals surface area contributed by atoms with Crippen LogP contribution in [0.15, 0.2) is 18.2 Å². The highest BCUT2D eigenvalue weighted by molar-refractivity contribution is 5.71. The lowest BCUT2D eigenvalue weighted by Gasteiger charge is -2.13. The number of benzene rings is 1. The second-order valence-corrected chi connectivity index (χ2v) is 3.81. The van der Waals surface area contributed by atoms with Gasteiger partial charge < -0.3 is 14.6 Å². The van der Waals surface area contributed by atoms with Crippen LogP contribution in [0.25, 0.3) is 0 Å². The SMILES string of the molecule is CCOC(=O)COc1ccc(C)cc1C(C)O. The van der Waals surface area contributed by atoms with Crippen LogP contribution in [0.1, 0.15) is 31.1 Å². The summed E-state index contributed by atoms with van der Waals surface area (Å²) in [6, 6.07) is 5.45. The van der Waals surface area contributed by atoms with Gasteiger partial charge in [0.25, 0.3) is 0 Å². The molecule has 0 spiro atoms. The molecule has 1 aromatic carbocycles. The molecule has 0 amide bonds. The average Bonchev–Trinajstić information content (AvgIpc) is 2.27. The van der Waals surface area contributed by atoms with Crippen molar-refractivity contribution in [2.75, 3.05) is 13.2 Å². The van der Waals surface area contributed by atoms with E-state index in [1.54, 1.807) is 19.9 Å². The molecule has 0 fully saturated rings. The fraction of sp³-hybridized carbons (Fsp3) is 0.462. The molecule has 0 aliphatic heterocycles. The summed E-state index contributed by atoms with van der Waals surface area (Å²) in [5.41, 5.74) is 1.71. The van der Waals surface area contributed by atoms with E-state index in [1.165, 1.54) is 0 Å². The summed E-state index contributed by atoms with van der Waals surface area (Å²) in [7, 11) is 0. The van der Waals surface area contributed by atoms with Crippen molar-refractivity contribution in [1.82, 2.24) is 0 Å². The smallest absolute Gasteiger partial charge is 0.344 e. The Kier molecular flexibility index (Phi) is 4.97. The van der Waals surface area contributed by atoms with E-state index in [1.807, 2.05) is 19.1 Å². The van der Waals surface area contributed by atoms with Gasteiger partial charge in [0.1, 0.15) is 5.75 Å². The molecular formula is C13H18O4. The summed E-state index contributed by atoms with van der Waals surface area (Å²) >= 11 is 0. The lowest BCUT2D eigenvalue weighted by Crippen LogP contribution is -2.15. The minimum Gasteiger partial charge on any atom is -0.482 e. The zero-order chi connectivity index (χ0) is 12.8. The Labute approximate surface area is 101 Å². The zero-order valence-electron chi connectivity index (χ0n) is 10.4. The van der Waals surface area contributed by atoms with Gasteiger partial charge in [0.05, 0.1) is 12.7 Å². The van der Waals surface area contributed by atoms with E-state index < -0.39 is 12.1 Å². The molecule has 1 N–H and O–H groups in total. The summed E-state index contributed by atoms with van der Waals surface area (Å²) in [4.78, 5) is 11.2. The van der Waals surface area contributed by atoms with E-state index in [0.717, 1.165) is 5.56 Å². The van der Waals surface area contributed by atoms with Gasteiger partial charge in [-0.2, -0.15) is 0 Å². The maximum atomic E-state index is 11.2. The zero-order valence-corrected chi connectivity index (χ0v) is 10.4.